The second-order valence-electron chi connectivity index (χ2n) is 16.7. The van der Waals surface area contributed by atoms with E-state index >= 15 is 8.78 Å². The number of ether oxygens (including phenoxy) is 1. The van der Waals surface area contributed by atoms with Crippen LogP contribution in [0.5, 0.6) is 5.75 Å². The number of rotatable bonds is 13. The van der Waals surface area contributed by atoms with Crippen LogP contribution in [-0.4, -0.2) is 115 Å². The Hall–Kier alpha value is -5.92. The molecule has 8 rings (SSSR count). The summed E-state index contributed by atoms with van der Waals surface area (Å²) in [4.78, 5) is 62.7. The van der Waals surface area contributed by atoms with Crippen LogP contribution in [0.2, 0.25) is 5.02 Å². The number of hydrogen-bond acceptors (Lipinski definition) is 14. The van der Waals surface area contributed by atoms with Crippen LogP contribution in [0.3, 0.4) is 0 Å². The van der Waals surface area contributed by atoms with Gasteiger partial charge in [-0.25, -0.2) is 22.2 Å². The molecule has 3 saturated heterocycles. The predicted octanol–water partition coefficient (Wildman–Crippen LogP) is 6.61. The van der Waals surface area contributed by atoms with Gasteiger partial charge in [-0.1, -0.05) is 23.7 Å². The van der Waals surface area contributed by atoms with Crippen molar-refractivity contribution in [2.24, 2.45) is 5.92 Å². The van der Waals surface area contributed by atoms with Crippen LogP contribution in [-0.2, 0) is 19.4 Å². The number of halogens is 3. The first kappa shape index (κ1) is 37.2. The van der Waals surface area contributed by atoms with Gasteiger partial charge >= 0.3 is 0 Å². The minimum absolute atomic E-state index is 0.0701. The number of piperazine rings is 1. The lowest BCUT2D eigenvalue weighted by molar-refractivity contribution is -0.136. The van der Waals surface area contributed by atoms with Gasteiger partial charge < -0.3 is 25.2 Å². The van der Waals surface area contributed by atoms with Crippen molar-refractivity contribution >= 4 is 79.6 Å². The van der Waals surface area contributed by atoms with Gasteiger partial charge in [-0.15, -0.1) is 0 Å². The van der Waals surface area contributed by atoms with E-state index in [9.17, 15) is 27.6 Å². The van der Waals surface area contributed by atoms with Crippen molar-refractivity contribution in [3.8, 4) is 5.75 Å². The molecular formula is C46H52ClF2N9O7S. The molecule has 4 amide bonds. The monoisotopic (exact) mass is 955 g/mol. The van der Waals surface area contributed by atoms with E-state index in [1.165, 1.54) is 12.3 Å². The molecular weight excluding hydrogens is 896 g/mol. The van der Waals surface area contributed by atoms with Crippen molar-refractivity contribution in [3.05, 3.63) is 82.0 Å². The van der Waals surface area contributed by atoms with E-state index in [4.69, 9.17) is 27.3 Å². The molecule has 4 aliphatic heterocycles. The van der Waals surface area contributed by atoms with Gasteiger partial charge in [0.2, 0.25) is 17.8 Å². The zero-order valence-electron chi connectivity index (χ0n) is 44.5. The second kappa shape index (κ2) is 18.8. The minimum Gasteiger partial charge on any atom is -0.489 e. The van der Waals surface area contributed by atoms with Gasteiger partial charge in [-0.3, -0.25) is 34.3 Å². The molecule has 0 radical (unpaired) electrons. The van der Waals surface area contributed by atoms with Crippen molar-refractivity contribution in [1.29, 1.82) is 0 Å². The Morgan fingerprint density at radius 3 is 2.33 bits per heavy atom. The number of carbonyl (C=O) groups is 4. The molecule has 0 saturated carbocycles. The number of imide groups is 2. The lowest BCUT2D eigenvalue weighted by Gasteiger charge is -2.40. The van der Waals surface area contributed by atoms with E-state index in [1.807, 2.05) is 43.1 Å². The number of aryl methyl sites for hydroxylation is 1. The average Bonchev–Trinajstić information content (AvgIpc) is 3.55. The molecule has 3 fully saturated rings. The smallest absolute Gasteiger partial charge is 0.265 e. The molecule has 16 nitrogen and oxygen atoms in total. The van der Waals surface area contributed by atoms with E-state index in [0.717, 1.165) is 11.3 Å². The summed E-state index contributed by atoms with van der Waals surface area (Å²) in [5.74, 6) is -8.25. The van der Waals surface area contributed by atoms with E-state index in [-0.39, 0.29) is 64.1 Å². The fourth-order valence-corrected chi connectivity index (χ4v) is 9.48. The third-order valence-electron chi connectivity index (χ3n) is 11.5. The quantitative estimate of drug-likeness (QED) is 0.122. The molecule has 1 unspecified atom stereocenters. The summed E-state index contributed by atoms with van der Waals surface area (Å²) < 4.78 is 138. The number of fused-ring (bicyclic) bond motifs is 1. The van der Waals surface area contributed by atoms with Crippen molar-refractivity contribution in [1.82, 2.24) is 25.1 Å². The number of benzene rings is 3. The molecule has 4 aromatic rings. The van der Waals surface area contributed by atoms with Crippen LogP contribution in [0.4, 0.5) is 43.3 Å². The largest absolute Gasteiger partial charge is 0.489 e. The highest BCUT2D eigenvalue weighted by Gasteiger charge is 2.47. The molecule has 20 heteroatoms. The summed E-state index contributed by atoms with van der Waals surface area (Å²) in [7, 11) is -3.68. The third-order valence-corrected chi connectivity index (χ3v) is 14.0. The molecule has 350 valence electrons. The lowest BCUT2D eigenvalue weighted by Crippen LogP contribution is -2.54. The summed E-state index contributed by atoms with van der Waals surface area (Å²) in [6, 6.07) is 8.74. The van der Waals surface area contributed by atoms with Gasteiger partial charge in [0.25, 0.3) is 11.8 Å². The third kappa shape index (κ3) is 9.24. The topological polar surface area (TPSA) is 186 Å². The average molecular weight is 957 g/mol. The van der Waals surface area contributed by atoms with Crippen LogP contribution >= 0.6 is 11.6 Å². The first-order valence-electron chi connectivity index (χ1n) is 25.2. The van der Waals surface area contributed by atoms with Crippen molar-refractivity contribution in [3.63, 3.8) is 0 Å². The van der Waals surface area contributed by atoms with Gasteiger partial charge in [-0.2, -0.15) is 4.98 Å². The first-order valence-corrected chi connectivity index (χ1v) is 23.1. The standard InChI is InChI=1S/C46H52ClF2N9O7S/c1-25(2)65-36-22-35(27(5)20-33(36)52-46-50-23-30(47)42(54-46)51-32-8-6-7-9-37(32)66(63,64)26(3)4)56-14-12-28(13-15-56)24-55-16-18-57(19-17-55)41-31(48)21-29-39(40(41)49)45(62)58(44(29)61)34-10-11-38(59)53-43(34)60/h6-9,20-23,25-26,28,34H,10-19,24H2,1-5H3,(H,53,59,60)(H2,50,51,52,54)/i16D2,17D2,18D2,19D2. The molecule has 66 heavy (non-hydrogen) atoms. The molecule has 0 spiro atoms. The maximum absolute atomic E-state index is 16.7. The number of sulfone groups is 1. The number of hydrogen-bond donors (Lipinski definition) is 3. The predicted molar refractivity (Wildman–Crippen MR) is 246 cm³/mol. The van der Waals surface area contributed by atoms with Crippen molar-refractivity contribution in [2.75, 3.05) is 66.1 Å². The summed E-state index contributed by atoms with van der Waals surface area (Å²) in [6.45, 7) is -5.75. The molecule has 3 N–H and O–H groups in total. The van der Waals surface area contributed by atoms with Gasteiger partial charge in [0.15, 0.2) is 21.5 Å². The van der Waals surface area contributed by atoms with Crippen LogP contribution in [0.1, 0.15) is 90.6 Å². The van der Waals surface area contributed by atoms with Crippen LogP contribution in [0.15, 0.2) is 53.6 Å². The number of amides is 4. The summed E-state index contributed by atoms with van der Waals surface area (Å²) >= 11 is 6.49. The number of anilines is 6. The molecule has 0 bridgehead atoms. The molecule has 1 aromatic heterocycles. The molecule has 4 aliphatic rings. The Labute approximate surface area is 398 Å². The number of nitrogens with one attached hydrogen (secondary N) is 3. The minimum atomic E-state index is -3.76. The Kier molecular flexibility index (Phi) is 10.6. The van der Waals surface area contributed by atoms with Gasteiger partial charge in [0.1, 0.15) is 28.3 Å². The van der Waals surface area contributed by atoms with Crippen molar-refractivity contribution < 1.29 is 52.1 Å². The highest BCUT2D eigenvalue weighted by molar-refractivity contribution is 7.92. The van der Waals surface area contributed by atoms with E-state index in [0.29, 0.717) is 40.4 Å². The summed E-state index contributed by atoms with van der Waals surface area (Å²) in [6.07, 6.45) is 0.987. The maximum Gasteiger partial charge on any atom is 0.265 e. The summed E-state index contributed by atoms with van der Waals surface area (Å²) in [5.41, 5.74) is -1.44. The zero-order valence-corrected chi connectivity index (χ0v) is 38.0. The van der Waals surface area contributed by atoms with Crippen LogP contribution < -0.4 is 30.5 Å². The van der Waals surface area contributed by atoms with Crippen molar-refractivity contribution in [2.45, 2.75) is 82.6 Å². The Morgan fingerprint density at radius 1 is 0.939 bits per heavy atom. The highest BCUT2D eigenvalue weighted by atomic mass is 35.5. The molecule has 0 aliphatic carbocycles. The summed E-state index contributed by atoms with van der Waals surface area (Å²) in [5, 5.41) is 7.60. The van der Waals surface area contributed by atoms with Crippen LogP contribution in [0.25, 0.3) is 0 Å². The second-order valence-corrected chi connectivity index (χ2v) is 19.6. The molecule has 3 aromatic carbocycles. The highest BCUT2D eigenvalue weighted by Crippen LogP contribution is 2.39. The fourth-order valence-electron chi connectivity index (χ4n) is 8.14. The van der Waals surface area contributed by atoms with Gasteiger partial charge in [0.05, 0.1) is 50.4 Å². The van der Waals surface area contributed by atoms with E-state index < -0.39 is 112 Å². The number of para-hydroxylation sites is 1. The Morgan fingerprint density at radius 2 is 1.65 bits per heavy atom. The van der Waals surface area contributed by atoms with Gasteiger partial charge in [-0.05, 0) is 89.6 Å². The Balaban J connectivity index is 1.01. The maximum atomic E-state index is 16.7. The van der Waals surface area contributed by atoms with E-state index in [1.54, 1.807) is 32.0 Å². The number of carbonyl (C=O) groups excluding carboxylic acids is 4. The van der Waals surface area contributed by atoms with Crippen LogP contribution in [0, 0.1) is 24.5 Å². The number of piperidine rings is 2. The molecule has 5 heterocycles. The zero-order chi connectivity index (χ0) is 54.4. The van der Waals surface area contributed by atoms with Gasteiger partial charge in [0, 0.05) is 69.3 Å². The first-order chi connectivity index (χ1) is 34.4. The fraction of sp³-hybridized carbons (Fsp3) is 0.435. The van der Waals surface area contributed by atoms with E-state index in [2.05, 4.69) is 20.6 Å². The lowest BCUT2D eigenvalue weighted by atomic mass is 9.95. The number of aromatic nitrogens is 2. The number of nitrogens with zero attached hydrogens (tertiary/aromatic N) is 6. The SMILES string of the molecule is [2H]C1([2H])N(CC2CCN(c3cc(OC(C)C)c(Nc4ncc(Cl)c(Nc5ccccc5S(=O)(=O)C(C)C)n4)cc3C)CC2)C([2H])([2H])C([2H])([2H])N(c2c(F)cc3c(c2F)C(=O)N(C2CCC(=O)NC2=O)C3=O)C1([2H])[2H]. The Bertz CT molecular complexity index is 3070. The molecule has 1 atom stereocenters. The normalized spacial score (nSPS) is 23.5.